The molecule has 0 aliphatic carbocycles. The van der Waals surface area contributed by atoms with Crippen LogP contribution >= 0.6 is 34.9 Å². The molecule has 14 heteroatoms. The lowest BCUT2D eigenvalue weighted by Gasteiger charge is -2.27. The Balaban J connectivity index is 1.78. The van der Waals surface area contributed by atoms with E-state index < -0.39 is 16.0 Å². The van der Waals surface area contributed by atoms with Crippen LogP contribution in [0.4, 0.5) is 5.13 Å². The number of morpholine rings is 1. The van der Waals surface area contributed by atoms with Crippen LogP contribution in [0.2, 0.25) is 0 Å². The minimum atomic E-state index is -4.00. The van der Waals surface area contributed by atoms with Crippen LogP contribution in [0, 0.1) is 0 Å². The van der Waals surface area contributed by atoms with Crippen LogP contribution in [0.15, 0.2) is 32.3 Å². The summed E-state index contributed by atoms with van der Waals surface area (Å²) in [4.78, 5) is 26.5. The smallest absolute Gasteiger partial charge is 0.316 e. The van der Waals surface area contributed by atoms with Crippen LogP contribution in [0.5, 0.6) is 0 Å². The number of benzene rings is 1. The molecule has 1 aliphatic rings. The van der Waals surface area contributed by atoms with E-state index in [-0.39, 0.29) is 21.7 Å². The van der Waals surface area contributed by atoms with E-state index in [9.17, 15) is 18.0 Å². The van der Waals surface area contributed by atoms with Gasteiger partial charge in [0.1, 0.15) is 0 Å². The zero-order valence-electron chi connectivity index (χ0n) is 16.7. The largest absolute Gasteiger partial charge is 0.468 e. The molecule has 0 radical (unpaired) electrons. The summed E-state index contributed by atoms with van der Waals surface area (Å²) >= 11 is 3.46. The van der Waals surface area contributed by atoms with E-state index in [0.29, 0.717) is 41.1 Å². The Morgan fingerprint density at radius 3 is 2.71 bits per heavy atom. The molecule has 1 aliphatic heterocycles. The number of nitrogens with zero attached hydrogens (tertiary/aromatic N) is 3. The number of esters is 1. The molecule has 0 saturated carbocycles. The quantitative estimate of drug-likeness (QED) is 0.420. The molecular formula is C17H20N4O6S4. The van der Waals surface area contributed by atoms with Crippen molar-refractivity contribution in [3.63, 3.8) is 0 Å². The highest BCUT2D eigenvalue weighted by molar-refractivity contribution is 8.01. The fourth-order valence-corrected chi connectivity index (χ4v) is 6.03. The van der Waals surface area contributed by atoms with Gasteiger partial charge in [-0.1, -0.05) is 23.1 Å². The van der Waals surface area contributed by atoms with Gasteiger partial charge in [0.2, 0.25) is 5.13 Å². The fourth-order valence-electron chi connectivity index (χ4n) is 2.62. The lowest BCUT2D eigenvalue weighted by Crippen LogP contribution is -2.40. The summed E-state index contributed by atoms with van der Waals surface area (Å²) in [5, 5.41) is 7.72. The van der Waals surface area contributed by atoms with Gasteiger partial charge in [0.05, 0.1) is 36.5 Å². The number of aromatic nitrogens is 2. The predicted molar refractivity (Wildman–Crippen MR) is 118 cm³/mol. The first kappa shape index (κ1) is 23.8. The molecule has 0 unspecified atom stereocenters. The number of rotatable bonds is 8. The van der Waals surface area contributed by atoms with E-state index in [2.05, 4.69) is 19.7 Å². The van der Waals surface area contributed by atoms with Gasteiger partial charge in [-0.25, -0.2) is 8.42 Å². The Kier molecular flexibility index (Phi) is 8.16. The standard InChI is InChI=1S/C17H20N4O6S4/c1-26-14(22)10-29-17-19-18-16(30-17)20-31(24,25)11-3-4-13(28-2)12(9-11)15(23)21-5-7-27-8-6-21/h3-4,9H,5-8,10H2,1-2H3,(H,18,20). The Labute approximate surface area is 192 Å². The molecular weight excluding hydrogens is 484 g/mol. The first-order valence-electron chi connectivity index (χ1n) is 8.95. The van der Waals surface area contributed by atoms with Crippen molar-refractivity contribution in [1.29, 1.82) is 0 Å². The van der Waals surface area contributed by atoms with Crippen molar-refractivity contribution >= 4 is 61.9 Å². The number of sulfonamides is 1. The number of anilines is 1. The molecule has 2 heterocycles. The number of hydrogen-bond donors (Lipinski definition) is 1. The molecule has 1 aromatic carbocycles. The lowest BCUT2D eigenvalue weighted by molar-refractivity contribution is -0.137. The van der Waals surface area contributed by atoms with Crippen molar-refractivity contribution in [3.8, 4) is 0 Å². The maximum Gasteiger partial charge on any atom is 0.316 e. The molecule has 0 atom stereocenters. The molecule has 168 valence electrons. The second-order valence-corrected chi connectivity index (χ2v) is 10.8. The third-order valence-corrected chi connectivity index (χ3v) is 8.39. The van der Waals surface area contributed by atoms with Gasteiger partial charge in [0, 0.05) is 18.0 Å². The van der Waals surface area contributed by atoms with Gasteiger partial charge in [0.15, 0.2) is 4.34 Å². The van der Waals surface area contributed by atoms with Crippen molar-refractivity contribution in [2.45, 2.75) is 14.1 Å². The molecule has 1 aromatic heterocycles. The van der Waals surface area contributed by atoms with Crippen LogP contribution in [0.1, 0.15) is 10.4 Å². The maximum absolute atomic E-state index is 13.0. The zero-order valence-corrected chi connectivity index (χ0v) is 20.0. The van der Waals surface area contributed by atoms with Gasteiger partial charge >= 0.3 is 5.97 Å². The summed E-state index contributed by atoms with van der Waals surface area (Å²) in [6.45, 7) is 1.82. The average Bonchev–Trinajstić information content (AvgIpc) is 3.23. The number of amides is 1. The minimum absolute atomic E-state index is 0.0427. The van der Waals surface area contributed by atoms with Gasteiger partial charge in [-0.2, -0.15) is 0 Å². The van der Waals surface area contributed by atoms with Crippen molar-refractivity contribution in [1.82, 2.24) is 15.1 Å². The van der Waals surface area contributed by atoms with Crippen molar-refractivity contribution < 1.29 is 27.5 Å². The molecule has 3 rings (SSSR count). The molecule has 1 saturated heterocycles. The summed E-state index contributed by atoms with van der Waals surface area (Å²) in [6, 6.07) is 4.43. The second kappa shape index (κ2) is 10.6. The topological polar surface area (TPSA) is 128 Å². The Morgan fingerprint density at radius 2 is 2.03 bits per heavy atom. The van der Waals surface area contributed by atoms with E-state index >= 15 is 0 Å². The van der Waals surface area contributed by atoms with Gasteiger partial charge in [0.25, 0.3) is 15.9 Å². The van der Waals surface area contributed by atoms with Crippen LogP contribution in [-0.2, 0) is 24.3 Å². The van der Waals surface area contributed by atoms with Crippen molar-refractivity contribution in [2.24, 2.45) is 0 Å². The number of nitrogens with one attached hydrogen (secondary N) is 1. The number of methoxy groups -OCH3 is 1. The van der Waals surface area contributed by atoms with E-state index in [1.807, 2.05) is 6.26 Å². The molecule has 0 bridgehead atoms. The van der Waals surface area contributed by atoms with Crippen LogP contribution < -0.4 is 4.72 Å². The monoisotopic (exact) mass is 504 g/mol. The normalized spacial score (nSPS) is 14.3. The maximum atomic E-state index is 13.0. The zero-order chi connectivity index (χ0) is 22.4. The van der Waals surface area contributed by atoms with Crippen LogP contribution in [0.3, 0.4) is 0 Å². The molecule has 31 heavy (non-hydrogen) atoms. The number of hydrogen-bond acceptors (Lipinski definition) is 11. The van der Waals surface area contributed by atoms with E-state index in [1.54, 1.807) is 11.0 Å². The van der Waals surface area contributed by atoms with Gasteiger partial charge in [-0.15, -0.1) is 22.0 Å². The van der Waals surface area contributed by atoms with Gasteiger partial charge in [-0.3, -0.25) is 14.3 Å². The summed E-state index contributed by atoms with van der Waals surface area (Å²) in [5.74, 6) is -0.614. The van der Waals surface area contributed by atoms with Gasteiger partial charge < -0.3 is 14.4 Å². The minimum Gasteiger partial charge on any atom is -0.468 e. The Morgan fingerprint density at radius 1 is 1.29 bits per heavy atom. The first-order valence-corrected chi connectivity index (χ1v) is 13.5. The van der Waals surface area contributed by atoms with Crippen LogP contribution in [-0.4, -0.2) is 80.8 Å². The lowest BCUT2D eigenvalue weighted by atomic mass is 10.2. The fraction of sp³-hybridized carbons (Fsp3) is 0.412. The van der Waals surface area contributed by atoms with Gasteiger partial charge in [-0.05, 0) is 24.5 Å². The third kappa shape index (κ3) is 6.10. The summed E-state index contributed by atoms with van der Waals surface area (Å²) < 4.78 is 38.4. The molecule has 1 fully saturated rings. The van der Waals surface area contributed by atoms with E-state index in [0.717, 1.165) is 23.1 Å². The van der Waals surface area contributed by atoms with E-state index in [1.165, 1.54) is 31.0 Å². The molecule has 0 spiro atoms. The average molecular weight is 505 g/mol. The second-order valence-electron chi connectivity index (χ2n) is 6.11. The molecule has 10 nitrogen and oxygen atoms in total. The SMILES string of the molecule is COC(=O)CSc1nnc(NS(=O)(=O)c2ccc(SC)c(C(=O)N3CCOCC3)c2)s1. The summed E-state index contributed by atoms with van der Waals surface area (Å²) in [7, 11) is -2.71. The number of ether oxygens (including phenoxy) is 2. The van der Waals surface area contributed by atoms with Crippen molar-refractivity contribution in [3.05, 3.63) is 23.8 Å². The van der Waals surface area contributed by atoms with E-state index in [4.69, 9.17) is 4.74 Å². The molecule has 1 amide bonds. The Hall–Kier alpha value is -1.87. The van der Waals surface area contributed by atoms with Crippen LogP contribution in [0.25, 0.3) is 0 Å². The number of thioether (sulfide) groups is 2. The first-order chi connectivity index (χ1) is 14.8. The molecule has 1 N–H and O–H groups in total. The number of carbonyl (C=O) groups is 2. The highest BCUT2D eigenvalue weighted by Crippen LogP contribution is 2.29. The predicted octanol–water partition coefficient (Wildman–Crippen LogP) is 1.80. The summed E-state index contributed by atoms with van der Waals surface area (Å²) in [5.41, 5.74) is 0.323. The molecule has 2 aromatic rings. The highest BCUT2D eigenvalue weighted by atomic mass is 32.2. The Bertz CT molecular complexity index is 1050. The third-order valence-electron chi connectivity index (χ3n) is 4.18. The number of carbonyl (C=O) groups excluding carboxylic acids is 2. The highest BCUT2D eigenvalue weighted by Gasteiger charge is 2.25. The summed E-state index contributed by atoms with van der Waals surface area (Å²) in [6.07, 6.45) is 1.83. The van der Waals surface area contributed by atoms with Crippen molar-refractivity contribution in [2.75, 3.05) is 50.1 Å².